The van der Waals surface area contributed by atoms with Crippen molar-refractivity contribution in [1.82, 2.24) is 9.47 Å². The van der Waals surface area contributed by atoms with Gasteiger partial charge in [-0.1, -0.05) is 30.3 Å². The van der Waals surface area contributed by atoms with Gasteiger partial charge in [-0.2, -0.15) is 0 Å². The predicted octanol–water partition coefficient (Wildman–Crippen LogP) is 5.20. The Labute approximate surface area is 197 Å². The van der Waals surface area contributed by atoms with Gasteiger partial charge in [0.25, 0.3) is 0 Å². The van der Waals surface area contributed by atoms with Gasteiger partial charge in [0.05, 0.1) is 23.3 Å². The molecule has 2 aliphatic rings. The van der Waals surface area contributed by atoms with Crippen LogP contribution < -0.4 is 10.2 Å². The zero-order chi connectivity index (χ0) is 23.1. The number of amides is 3. The first-order valence-electron chi connectivity index (χ1n) is 11.5. The van der Waals surface area contributed by atoms with Gasteiger partial charge in [0.1, 0.15) is 18.3 Å². The highest BCUT2D eigenvalue weighted by Gasteiger charge is 2.40. The Bertz CT molecular complexity index is 1320. The maximum Gasteiger partial charge on any atom is 0.322 e. The van der Waals surface area contributed by atoms with Gasteiger partial charge in [-0.25, -0.2) is 4.79 Å². The molecule has 1 N–H and O–H groups in total. The number of nitrogens with zero attached hydrogens (tertiary/aromatic N) is 3. The first-order valence-corrected chi connectivity index (χ1v) is 11.5. The summed E-state index contributed by atoms with van der Waals surface area (Å²) < 4.78 is 7.88. The fourth-order valence-electron chi connectivity index (χ4n) is 4.67. The Balaban J connectivity index is 1.35. The first kappa shape index (κ1) is 20.4. The van der Waals surface area contributed by atoms with E-state index in [1.54, 1.807) is 16.1 Å². The number of urea groups is 1. The SMILES string of the molecule is O=C(Nc1ccccc1)N(CC(=O)N1c2ccccc2-n2cccc2C1c1ccco1)C1CC1. The summed E-state index contributed by atoms with van der Waals surface area (Å²) in [6, 6.07) is 24.2. The van der Waals surface area contributed by atoms with Crippen molar-refractivity contribution in [1.29, 1.82) is 0 Å². The van der Waals surface area contributed by atoms with Crippen LogP contribution in [-0.4, -0.2) is 34.0 Å². The lowest BCUT2D eigenvalue weighted by molar-refractivity contribution is -0.119. The molecular weight excluding hydrogens is 428 g/mol. The molecule has 34 heavy (non-hydrogen) atoms. The Morgan fingerprint density at radius 3 is 2.41 bits per heavy atom. The molecule has 1 atom stereocenters. The molecule has 7 nitrogen and oxygen atoms in total. The molecule has 3 amide bonds. The zero-order valence-electron chi connectivity index (χ0n) is 18.5. The highest BCUT2D eigenvalue weighted by molar-refractivity contribution is 6.01. The van der Waals surface area contributed by atoms with E-state index in [0.717, 1.165) is 29.9 Å². The first-order chi connectivity index (χ1) is 16.7. The van der Waals surface area contributed by atoms with E-state index in [-0.39, 0.29) is 24.5 Å². The molecule has 7 heteroatoms. The standard InChI is InChI=1S/C27H24N4O3/c32-25(18-30(20-14-15-20)27(33)28-19-8-2-1-3-9-19)31-22-11-5-4-10-21(22)29-16-6-12-23(29)26(31)24-13-7-17-34-24/h1-13,16-17,20,26H,14-15,18H2,(H,28,33). The molecule has 6 rings (SSSR count). The van der Waals surface area contributed by atoms with Crippen LogP contribution in [0.1, 0.15) is 30.3 Å². The van der Waals surface area contributed by atoms with E-state index in [1.807, 2.05) is 85.1 Å². The number of aromatic nitrogens is 1. The van der Waals surface area contributed by atoms with Gasteiger partial charge >= 0.3 is 6.03 Å². The van der Waals surface area contributed by atoms with E-state index in [4.69, 9.17) is 4.42 Å². The van der Waals surface area contributed by atoms with E-state index in [9.17, 15) is 9.59 Å². The summed E-state index contributed by atoms with van der Waals surface area (Å²) in [6.07, 6.45) is 5.42. The van der Waals surface area contributed by atoms with Gasteiger partial charge in [-0.3, -0.25) is 9.69 Å². The second-order valence-corrected chi connectivity index (χ2v) is 8.63. The number of nitrogens with one attached hydrogen (secondary N) is 1. The van der Waals surface area contributed by atoms with E-state index < -0.39 is 6.04 Å². The molecule has 4 aromatic rings. The Hall–Kier alpha value is -4.26. The molecule has 1 saturated carbocycles. The van der Waals surface area contributed by atoms with Crippen LogP contribution in [0.3, 0.4) is 0 Å². The van der Waals surface area contributed by atoms with Crippen molar-refractivity contribution in [3.05, 3.63) is 103 Å². The number of hydrogen-bond donors (Lipinski definition) is 1. The molecule has 0 saturated heterocycles. The van der Waals surface area contributed by atoms with Crippen molar-refractivity contribution in [2.24, 2.45) is 0 Å². The zero-order valence-corrected chi connectivity index (χ0v) is 18.5. The van der Waals surface area contributed by atoms with E-state index in [1.165, 1.54) is 0 Å². The van der Waals surface area contributed by atoms with E-state index in [2.05, 4.69) is 9.88 Å². The highest BCUT2D eigenvalue weighted by Crippen LogP contribution is 2.42. The molecule has 1 fully saturated rings. The number of carbonyl (C=O) groups excluding carboxylic acids is 2. The van der Waals surface area contributed by atoms with Crippen LogP contribution in [0.15, 0.2) is 95.7 Å². The lowest BCUT2D eigenvalue weighted by Gasteiger charge is -2.38. The molecular formula is C27H24N4O3. The highest BCUT2D eigenvalue weighted by atomic mass is 16.3. The number of furan rings is 1. The normalized spacial score (nSPS) is 16.5. The van der Waals surface area contributed by atoms with Crippen LogP contribution in [0.25, 0.3) is 5.69 Å². The molecule has 3 heterocycles. The second kappa shape index (κ2) is 8.26. The summed E-state index contributed by atoms with van der Waals surface area (Å²) in [5, 5.41) is 2.93. The van der Waals surface area contributed by atoms with E-state index >= 15 is 0 Å². The van der Waals surface area contributed by atoms with Crippen molar-refractivity contribution in [2.45, 2.75) is 24.9 Å². The molecule has 0 spiro atoms. The molecule has 1 unspecified atom stereocenters. The van der Waals surface area contributed by atoms with Crippen LogP contribution in [0.2, 0.25) is 0 Å². The molecule has 1 aliphatic heterocycles. The minimum atomic E-state index is -0.425. The molecule has 2 aromatic heterocycles. The quantitative estimate of drug-likeness (QED) is 0.452. The van der Waals surface area contributed by atoms with Crippen molar-refractivity contribution >= 4 is 23.3 Å². The fourth-order valence-corrected chi connectivity index (χ4v) is 4.67. The number of rotatable bonds is 5. The number of hydrogen-bond acceptors (Lipinski definition) is 3. The number of fused-ring (bicyclic) bond motifs is 3. The fraction of sp³-hybridized carbons (Fsp3) is 0.185. The Morgan fingerprint density at radius 2 is 1.68 bits per heavy atom. The second-order valence-electron chi connectivity index (χ2n) is 8.63. The van der Waals surface area contributed by atoms with Crippen LogP contribution in [0.5, 0.6) is 0 Å². The molecule has 170 valence electrons. The van der Waals surface area contributed by atoms with Crippen molar-refractivity contribution < 1.29 is 14.0 Å². The summed E-state index contributed by atoms with van der Waals surface area (Å²) in [5.41, 5.74) is 3.36. The van der Waals surface area contributed by atoms with Crippen LogP contribution >= 0.6 is 0 Å². The lowest BCUT2D eigenvalue weighted by Crippen LogP contribution is -2.48. The minimum absolute atomic E-state index is 0.0183. The predicted molar refractivity (Wildman–Crippen MR) is 129 cm³/mol. The third-order valence-corrected chi connectivity index (χ3v) is 6.38. The summed E-state index contributed by atoms with van der Waals surface area (Å²) in [7, 11) is 0. The topological polar surface area (TPSA) is 70.7 Å². The summed E-state index contributed by atoms with van der Waals surface area (Å²) in [4.78, 5) is 30.5. The van der Waals surface area contributed by atoms with E-state index in [0.29, 0.717) is 11.4 Å². The average molecular weight is 453 g/mol. The largest absolute Gasteiger partial charge is 0.467 e. The third kappa shape index (κ3) is 3.55. The monoisotopic (exact) mass is 452 g/mol. The van der Waals surface area contributed by atoms with Gasteiger partial charge in [0.2, 0.25) is 5.91 Å². The number of anilines is 2. The van der Waals surface area contributed by atoms with Crippen molar-refractivity contribution in [3.63, 3.8) is 0 Å². The van der Waals surface area contributed by atoms with Gasteiger partial charge in [0.15, 0.2) is 0 Å². The van der Waals surface area contributed by atoms with Gasteiger partial charge < -0.3 is 19.2 Å². The number of carbonyl (C=O) groups is 2. The van der Waals surface area contributed by atoms with Crippen molar-refractivity contribution in [3.8, 4) is 5.69 Å². The maximum absolute atomic E-state index is 14.0. The summed E-state index contributed by atoms with van der Waals surface area (Å²) in [5.74, 6) is 0.519. The molecule has 1 aliphatic carbocycles. The Kier molecular flexibility index (Phi) is 4.95. The Morgan fingerprint density at radius 1 is 0.912 bits per heavy atom. The molecule has 0 radical (unpaired) electrons. The van der Waals surface area contributed by atoms with Crippen LogP contribution in [0, 0.1) is 0 Å². The number of para-hydroxylation sites is 3. The van der Waals surface area contributed by atoms with Gasteiger partial charge in [-0.05, 0) is 61.4 Å². The molecule has 0 bridgehead atoms. The third-order valence-electron chi connectivity index (χ3n) is 6.38. The maximum atomic E-state index is 14.0. The number of benzene rings is 2. The molecule has 2 aromatic carbocycles. The minimum Gasteiger partial charge on any atom is -0.467 e. The van der Waals surface area contributed by atoms with Crippen LogP contribution in [-0.2, 0) is 4.79 Å². The van der Waals surface area contributed by atoms with Crippen LogP contribution in [0.4, 0.5) is 16.2 Å². The average Bonchev–Trinajstić information content (AvgIpc) is 3.33. The summed E-state index contributed by atoms with van der Waals surface area (Å²) in [6.45, 7) is -0.0183. The van der Waals surface area contributed by atoms with Gasteiger partial charge in [0, 0.05) is 17.9 Å². The smallest absolute Gasteiger partial charge is 0.322 e. The summed E-state index contributed by atoms with van der Waals surface area (Å²) >= 11 is 0. The lowest BCUT2D eigenvalue weighted by atomic mass is 10.0. The van der Waals surface area contributed by atoms with Crippen molar-refractivity contribution in [2.75, 3.05) is 16.8 Å². The van der Waals surface area contributed by atoms with Gasteiger partial charge in [-0.15, -0.1) is 0 Å².